The van der Waals surface area contributed by atoms with Gasteiger partial charge in [-0.15, -0.1) is 11.3 Å². The molecule has 4 rings (SSSR count). The number of methoxy groups -OCH3 is 3. The second kappa shape index (κ2) is 10.6. The van der Waals surface area contributed by atoms with Crippen LogP contribution in [0.3, 0.4) is 0 Å². The first kappa shape index (κ1) is 22.9. The zero-order valence-corrected chi connectivity index (χ0v) is 20.0. The zero-order chi connectivity index (χ0) is 23.2. The lowest BCUT2D eigenvalue weighted by atomic mass is 9.96. The number of phenolic OH excluding ortho intramolecular Hbond substituents is 1. The van der Waals surface area contributed by atoms with Crippen LogP contribution in [0, 0.1) is 0 Å². The number of thiazole rings is 1. The Kier molecular flexibility index (Phi) is 7.34. The Bertz CT molecular complexity index is 1190. The van der Waals surface area contributed by atoms with Gasteiger partial charge in [-0.1, -0.05) is 25.3 Å². The number of nitrogens with zero attached hydrogens (tertiary/aromatic N) is 3. The molecule has 0 bridgehead atoms. The van der Waals surface area contributed by atoms with Crippen LogP contribution in [-0.2, 0) is 0 Å². The number of ether oxygens (including phenoxy) is 3. The van der Waals surface area contributed by atoms with Gasteiger partial charge in [0.1, 0.15) is 11.5 Å². The third-order valence-corrected chi connectivity index (χ3v) is 6.63. The Morgan fingerprint density at radius 1 is 1.00 bits per heavy atom. The smallest absolute Gasteiger partial charge is 0.206 e. The van der Waals surface area contributed by atoms with Crippen molar-refractivity contribution in [1.82, 2.24) is 4.68 Å². The maximum atomic E-state index is 10.5. The van der Waals surface area contributed by atoms with Gasteiger partial charge in [-0.3, -0.25) is 4.99 Å². The molecule has 1 aromatic heterocycles. The monoisotopic (exact) mass is 467 g/mol. The van der Waals surface area contributed by atoms with Crippen LogP contribution in [0.4, 0.5) is 0 Å². The summed E-state index contributed by atoms with van der Waals surface area (Å²) < 4.78 is 18.1. The minimum Gasteiger partial charge on any atom is -0.504 e. The van der Waals surface area contributed by atoms with Gasteiger partial charge in [0.2, 0.25) is 4.80 Å². The molecular weight excluding hydrogens is 438 g/mol. The van der Waals surface area contributed by atoms with Crippen molar-refractivity contribution >= 4 is 17.6 Å². The molecule has 0 unspecified atom stereocenters. The predicted octanol–water partition coefficient (Wildman–Crippen LogP) is 5.06. The molecule has 2 aromatic carbocycles. The van der Waals surface area contributed by atoms with Crippen molar-refractivity contribution in [3.8, 4) is 34.3 Å². The largest absolute Gasteiger partial charge is 0.504 e. The van der Waals surface area contributed by atoms with E-state index in [2.05, 4.69) is 0 Å². The summed E-state index contributed by atoms with van der Waals surface area (Å²) in [6, 6.07) is 11.3. The fourth-order valence-electron chi connectivity index (χ4n) is 3.99. The molecule has 3 aromatic rings. The molecule has 0 saturated heterocycles. The molecule has 0 aliphatic heterocycles. The Hall–Kier alpha value is -3.26. The fourth-order valence-corrected chi connectivity index (χ4v) is 4.89. The molecule has 1 fully saturated rings. The van der Waals surface area contributed by atoms with Crippen LogP contribution in [0.5, 0.6) is 23.0 Å². The summed E-state index contributed by atoms with van der Waals surface area (Å²) in [7, 11) is 4.81. The quantitative estimate of drug-likeness (QED) is 0.493. The number of benzene rings is 2. The highest BCUT2D eigenvalue weighted by atomic mass is 32.1. The maximum Gasteiger partial charge on any atom is 0.206 e. The van der Waals surface area contributed by atoms with Gasteiger partial charge >= 0.3 is 0 Å². The molecule has 0 amide bonds. The van der Waals surface area contributed by atoms with Gasteiger partial charge in [0.15, 0.2) is 11.5 Å². The topological polar surface area (TPSA) is 77.6 Å². The van der Waals surface area contributed by atoms with Gasteiger partial charge in [0.25, 0.3) is 0 Å². The van der Waals surface area contributed by atoms with Crippen molar-refractivity contribution in [2.24, 2.45) is 10.1 Å². The second-order valence-corrected chi connectivity index (χ2v) is 8.68. The lowest BCUT2D eigenvalue weighted by Crippen LogP contribution is -2.19. The van der Waals surface area contributed by atoms with Crippen molar-refractivity contribution in [3.05, 3.63) is 52.1 Å². The third kappa shape index (κ3) is 5.06. The summed E-state index contributed by atoms with van der Waals surface area (Å²) in [5, 5.41) is 17.3. The number of aromatic hydroxyl groups is 1. The SMILES string of the molecule is COc1ccc(OC)c(-c2csc(=NC3CCCCC3)n2N=Cc2cccc(OC)c2O)c1. The Morgan fingerprint density at radius 3 is 2.52 bits per heavy atom. The third-order valence-electron chi connectivity index (χ3n) is 5.80. The first-order valence-electron chi connectivity index (χ1n) is 11.0. The molecule has 1 heterocycles. The van der Waals surface area contributed by atoms with E-state index in [1.54, 1.807) is 43.9 Å². The van der Waals surface area contributed by atoms with Crippen LogP contribution >= 0.6 is 11.3 Å². The summed E-state index contributed by atoms with van der Waals surface area (Å²) in [5.41, 5.74) is 2.24. The molecule has 0 spiro atoms. The van der Waals surface area contributed by atoms with E-state index in [1.807, 2.05) is 34.3 Å². The molecule has 0 radical (unpaired) electrons. The van der Waals surface area contributed by atoms with Crippen LogP contribution in [0.1, 0.15) is 37.7 Å². The molecule has 1 aliphatic rings. The van der Waals surface area contributed by atoms with E-state index in [0.717, 1.165) is 34.6 Å². The van der Waals surface area contributed by atoms with E-state index in [4.69, 9.17) is 24.3 Å². The van der Waals surface area contributed by atoms with Gasteiger partial charge in [-0.05, 0) is 43.2 Å². The summed E-state index contributed by atoms with van der Waals surface area (Å²) in [5.74, 6) is 1.89. The number of para-hydroxylation sites is 1. The Labute approximate surface area is 197 Å². The number of hydrogen-bond donors (Lipinski definition) is 1. The van der Waals surface area contributed by atoms with E-state index in [9.17, 15) is 5.11 Å². The molecule has 1 N–H and O–H groups in total. The van der Waals surface area contributed by atoms with Crippen LogP contribution < -0.4 is 19.0 Å². The van der Waals surface area contributed by atoms with Crippen LogP contribution in [0.2, 0.25) is 0 Å². The summed E-state index contributed by atoms with van der Waals surface area (Å²) in [4.78, 5) is 5.85. The van der Waals surface area contributed by atoms with E-state index in [-0.39, 0.29) is 5.75 Å². The molecule has 33 heavy (non-hydrogen) atoms. The predicted molar refractivity (Wildman–Crippen MR) is 131 cm³/mol. The second-order valence-electron chi connectivity index (χ2n) is 7.85. The fraction of sp³-hybridized carbons (Fsp3) is 0.360. The minimum atomic E-state index is 0.0471. The normalized spacial score (nSPS) is 15.2. The average molecular weight is 468 g/mol. The first-order chi connectivity index (χ1) is 16.1. The van der Waals surface area contributed by atoms with Crippen molar-refractivity contribution in [2.45, 2.75) is 38.1 Å². The van der Waals surface area contributed by atoms with Gasteiger partial charge in [-0.2, -0.15) is 5.10 Å². The first-order valence-corrected chi connectivity index (χ1v) is 11.9. The molecule has 7 nitrogen and oxygen atoms in total. The van der Waals surface area contributed by atoms with E-state index < -0.39 is 0 Å². The maximum absolute atomic E-state index is 10.5. The van der Waals surface area contributed by atoms with E-state index in [1.165, 1.54) is 26.4 Å². The Balaban J connectivity index is 1.85. The van der Waals surface area contributed by atoms with E-state index >= 15 is 0 Å². The molecule has 174 valence electrons. The summed E-state index contributed by atoms with van der Waals surface area (Å²) in [6.45, 7) is 0. The van der Waals surface area contributed by atoms with Gasteiger partial charge in [0, 0.05) is 16.5 Å². The zero-order valence-electron chi connectivity index (χ0n) is 19.2. The lowest BCUT2D eigenvalue weighted by Gasteiger charge is -2.17. The van der Waals surface area contributed by atoms with E-state index in [0.29, 0.717) is 23.1 Å². The summed E-state index contributed by atoms with van der Waals surface area (Å²) in [6.07, 6.45) is 7.50. The standard InChI is InChI=1S/C25H29N3O4S/c1-30-19-12-13-22(31-2)20(14-19)21-16-33-25(27-18-9-5-4-6-10-18)28(21)26-15-17-8-7-11-23(32-3)24(17)29/h7-8,11-16,18,29H,4-6,9-10H2,1-3H3. The number of rotatable bonds is 7. The molecule has 1 aliphatic carbocycles. The van der Waals surface area contributed by atoms with Gasteiger partial charge in [0.05, 0.1) is 39.3 Å². The highest BCUT2D eigenvalue weighted by Crippen LogP contribution is 2.34. The van der Waals surface area contributed by atoms with Crippen molar-refractivity contribution < 1.29 is 19.3 Å². The van der Waals surface area contributed by atoms with Crippen LogP contribution in [-0.4, -0.2) is 43.4 Å². The number of hydrogen-bond acceptors (Lipinski definition) is 7. The van der Waals surface area contributed by atoms with Crippen molar-refractivity contribution in [3.63, 3.8) is 0 Å². The molecule has 0 atom stereocenters. The highest BCUT2D eigenvalue weighted by Gasteiger charge is 2.17. The van der Waals surface area contributed by atoms with Crippen LogP contribution in [0.15, 0.2) is 51.9 Å². The van der Waals surface area contributed by atoms with Gasteiger partial charge in [-0.25, -0.2) is 4.68 Å². The molecule has 8 heteroatoms. The van der Waals surface area contributed by atoms with Crippen molar-refractivity contribution in [2.75, 3.05) is 21.3 Å². The summed E-state index contributed by atoms with van der Waals surface area (Å²) >= 11 is 1.54. The molecule has 1 saturated carbocycles. The highest BCUT2D eigenvalue weighted by molar-refractivity contribution is 7.07. The van der Waals surface area contributed by atoms with Crippen molar-refractivity contribution in [1.29, 1.82) is 0 Å². The molecular formula is C25H29N3O4S. The minimum absolute atomic E-state index is 0.0471. The lowest BCUT2D eigenvalue weighted by molar-refractivity contribution is 0.373. The van der Waals surface area contributed by atoms with Crippen LogP contribution in [0.25, 0.3) is 11.3 Å². The average Bonchev–Trinajstić information content (AvgIpc) is 3.25. The Morgan fingerprint density at radius 2 is 1.79 bits per heavy atom. The number of aromatic nitrogens is 1. The number of phenols is 1. The van der Waals surface area contributed by atoms with Gasteiger partial charge < -0.3 is 19.3 Å².